The molecule has 10 heteroatoms. The molecule has 9 nitrogen and oxygen atoms in total. The largest absolute Gasteiger partial charge is 0.334 e. The molecule has 0 bridgehead atoms. The molecular weight excluding hydrogens is 434 g/mol. The lowest BCUT2D eigenvalue weighted by Gasteiger charge is -2.36. The monoisotopic (exact) mass is 459 g/mol. The third-order valence-electron chi connectivity index (χ3n) is 6.59. The van der Waals surface area contributed by atoms with Gasteiger partial charge in [-0.15, -0.1) is 0 Å². The van der Waals surface area contributed by atoms with Gasteiger partial charge in [0.2, 0.25) is 5.91 Å². The SMILES string of the molecule is CCN(Cc1nc2cc(Cl)ccc2c(=O)[nH]1)C(=O)CN1C(=O)N[C@]2(CCCC[C@@H]2C)C1=O. The molecule has 1 spiro atoms. The predicted molar refractivity (Wildman–Crippen MR) is 119 cm³/mol. The summed E-state index contributed by atoms with van der Waals surface area (Å²) in [6.07, 6.45) is 3.34. The number of halogens is 1. The standard InChI is InChI=1S/C22H26ClN5O4/c1-3-27(11-17-24-16-10-14(23)7-8-15(16)19(30)25-17)18(29)12-28-20(31)22(26-21(28)32)9-5-4-6-13(22)2/h7-8,10,13H,3-6,9,11-12H2,1-2H3,(H,26,32)(H,24,25,30)/t13-,22-/m0/s1. The second-order valence-corrected chi connectivity index (χ2v) is 8.96. The minimum atomic E-state index is -0.906. The molecule has 2 fully saturated rings. The Morgan fingerprint density at radius 2 is 2.09 bits per heavy atom. The third-order valence-corrected chi connectivity index (χ3v) is 6.82. The number of carbonyl (C=O) groups excluding carboxylic acids is 3. The van der Waals surface area contributed by atoms with Gasteiger partial charge in [0.15, 0.2) is 0 Å². The molecule has 1 aliphatic carbocycles. The maximum atomic E-state index is 13.1. The normalized spacial score (nSPS) is 23.1. The highest BCUT2D eigenvalue weighted by molar-refractivity contribution is 6.31. The van der Waals surface area contributed by atoms with Gasteiger partial charge in [0.05, 0.1) is 17.4 Å². The summed E-state index contributed by atoms with van der Waals surface area (Å²) < 4.78 is 0. The number of aromatic amines is 1. The topological polar surface area (TPSA) is 115 Å². The minimum Gasteiger partial charge on any atom is -0.334 e. The molecule has 1 saturated heterocycles. The summed E-state index contributed by atoms with van der Waals surface area (Å²) in [5.74, 6) is -0.403. The van der Waals surface area contributed by atoms with Crippen molar-refractivity contribution in [2.45, 2.75) is 51.6 Å². The van der Waals surface area contributed by atoms with Crippen LogP contribution in [0.15, 0.2) is 23.0 Å². The van der Waals surface area contributed by atoms with Gasteiger partial charge in [0, 0.05) is 11.6 Å². The first-order valence-electron chi connectivity index (χ1n) is 10.9. The number of urea groups is 1. The van der Waals surface area contributed by atoms with Crippen molar-refractivity contribution in [2.75, 3.05) is 13.1 Å². The van der Waals surface area contributed by atoms with Crippen LogP contribution in [0.2, 0.25) is 5.02 Å². The number of likely N-dealkylation sites (N-methyl/N-ethyl adjacent to an activating group) is 1. The number of carbonyl (C=O) groups is 3. The summed E-state index contributed by atoms with van der Waals surface area (Å²) in [6, 6.07) is 4.27. The molecule has 1 aromatic heterocycles. The maximum Gasteiger partial charge on any atom is 0.325 e. The number of aromatic nitrogens is 2. The summed E-state index contributed by atoms with van der Waals surface area (Å²) in [7, 11) is 0. The zero-order valence-electron chi connectivity index (χ0n) is 18.1. The molecule has 0 unspecified atom stereocenters. The van der Waals surface area contributed by atoms with Crippen LogP contribution in [0.3, 0.4) is 0 Å². The van der Waals surface area contributed by atoms with E-state index in [2.05, 4.69) is 15.3 Å². The summed E-state index contributed by atoms with van der Waals surface area (Å²) in [5.41, 5.74) is -0.800. The molecular formula is C22H26ClN5O4. The first-order chi connectivity index (χ1) is 15.2. The van der Waals surface area contributed by atoms with Crippen LogP contribution in [0.1, 0.15) is 45.4 Å². The average Bonchev–Trinajstić information content (AvgIpc) is 2.98. The fraction of sp³-hybridized carbons (Fsp3) is 0.500. The lowest BCUT2D eigenvalue weighted by molar-refractivity contribution is -0.140. The maximum absolute atomic E-state index is 13.1. The zero-order chi connectivity index (χ0) is 23.0. The van der Waals surface area contributed by atoms with Crippen molar-refractivity contribution < 1.29 is 14.4 Å². The van der Waals surface area contributed by atoms with E-state index in [9.17, 15) is 19.2 Å². The molecule has 2 heterocycles. The number of nitrogens with one attached hydrogen (secondary N) is 2. The van der Waals surface area contributed by atoms with Gasteiger partial charge < -0.3 is 15.2 Å². The second kappa shape index (κ2) is 8.54. The molecule has 1 aromatic carbocycles. The molecule has 2 N–H and O–H groups in total. The van der Waals surface area contributed by atoms with Gasteiger partial charge in [0.25, 0.3) is 11.5 Å². The van der Waals surface area contributed by atoms with E-state index in [1.165, 1.54) is 4.90 Å². The Labute approximate surface area is 190 Å². The molecule has 1 saturated carbocycles. The molecule has 1 aliphatic heterocycles. The van der Waals surface area contributed by atoms with Crippen molar-refractivity contribution in [3.63, 3.8) is 0 Å². The Bertz CT molecular complexity index is 1150. The first kappa shape index (κ1) is 22.3. The van der Waals surface area contributed by atoms with Gasteiger partial charge >= 0.3 is 6.03 Å². The number of rotatable bonds is 5. The second-order valence-electron chi connectivity index (χ2n) is 8.52. The van der Waals surface area contributed by atoms with Gasteiger partial charge in [-0.1, -0.05) is 31.4 Å². The lowest BCUT2D eigenvalue weighted by atomic mass is 9.73. The molecule has 32 heavy (non-hydrogen) atoms. The molecule has 4 amide bonds. The van der Waals surface area contributed by atoms with Gasteiger partial charge in [-0.2, -0.15) is 0 Å². The van der Waals surface area contributed by atoms with Gasteiger partial charge in [-0.25, -0.2) is 9.78 Å². The van der Waals surface area contributed by atoms with Gasteiger partial charge in [-0.05, 0) is 43.9 Å². The average molecular weight is 460 g/mol. The molecule has 2 atom stereocenters. The summed E-state index contributed by atoms with van der Waals surface area (Å²) >= 11 is 6.01. The molecule has 0 radical (unpaired) electrons. The van der Waals surface area contributed by atoms with Crippen molar-refractivity contribution in [3.8, 4) is 0 Å². The van der Waals surface area contributed by atoms with Crippen LogP contribution in [0.25, 0.3) is 10.9 Å². The summed E-state index contributed by atoms with van der Waals surface area (Å²) in [4.78, 5) is 60.6. The highest BCUT2D eigenvalue weighted by Crippen LogP contribution is 2.38. The molecule has 2 aliphatic rings. The van der Waals surface area contributed by atoms with Crippen LogP contribution in [-0.2, 0) is 16.1 Å². The highest BCUT2D eigenvalue weighted by Gasteiger charge is 2.55. The van der Waals surface area contributed by atoms with Crippen molar-refractivity contribution in [2.24, 2.45) is 5.92 Å². The van der Waals surface area contributed by atoms with Crippen molar-refractivity contribution >= 4 is 40.3 Å². The number of amides is 4. The predicted octanol–water partition coefficient (Wildman–Crippen LogP) is 2.43. The van der Waals surface area contributed by atoms with Gasteiger partial charge in [0.1, 0.15) is 17.9 Å². The lowest BCUT2D eigenvalue weighted by Crippen LogP contribution is -2.54. The van der Waals surface area contributed by atoms with E-state index < -0.39 is 17.5 Å². The Kier molecular flexibility index (Phi) is 5.94. The Morgan fingerprint density at radius 1 is 1.31 bits per heavy atom. The van der Waals surface area contributed by atoms with E-state index in [1.807, 2.05) is 6.92 Å². The smallest absolute Gasteiger partial charge is 0.325 e. The van der Waals surface area contributed by atoms with Crippen LogP contribution >= 0.6 is 11.6 Å². The molecule has 2 aromatic rings. The van der Waals surface area contributed by atoms with E-state index >= 15 is 0 Å². The molecule has 170 valence electrons. The van der Waals surface area contributed by atoms with Crippen molar-refractivity contribution in [1.29, 1.82) is 0 Å². The fourth-order valence-electron chi connectivity index (χ4n) is 4.67. The van der Waals surface area contributed by atoms with Gasteiger partial charge in [-0.3, -0.25) is 19.3 Å². The highest BCUT2D eigenvalue weighted by atomic mass is 35.5. The quantitative estimate of drug-likeness (QED) is 0.666. The fourth-order valence-corrected chi connectivity index (χ4v) is 4.83. The Hall–Kier alpha value is -2.94. The first-order valence-corrected chi connectivity index (χ1v) is 11.2. The van der Waals surface area contributed by atoms with E-state index in [1.54, 1.807) is 25.1 Å². The van der Waals surface area contributed by atoms with E-state index in [-0.39, 0.29) is 30.5 Å². The Morgan fingerprint density at radius 3 is 2.81 bits per heavy atom. The number of nitrogens with zero attached hydrogens (tertiary/aromatic N) is 3. The minimum absolute atomic E-state index is 0.0220. The molecule has 4 rings (SSSR count). The van der Waals surface area contributed by atoms with Crippen LogP contribution in [0, 0.1) is 5.92 Å². The number of fused-ring (bicyclic) bond motifs is 1. The number of imide groups is 1. The van der Waals surface area contributed by atoms with Crippen LogP contribution < -0.4 is 10.9 Å². The van der Waals surface area contributed by atoms with Crippen LogP contribution in [-0.4, -0.2) is 56.2 Å². The van der Waals surface area contributed by atoms with Crippen LogP contribution in [0.5, 0.6) is 0 Å². The third kappa shape index (κ3) is 3.85. The summed E-state index contributed by atoms with van der Waals surface area (Å²) in [5, 5.41) is 3.71. The van der Waals surface area contributed by atoms with Crippen molar-refractivity contribution in [3.05, 3.63) is 39.4 Å². The number of hydrogen-bond donors (Lipinski definition) is 2. The zero-order valence-corrected chi connectivity index (χ0v) is 18.9. The number of benzene rings is 1. The Balaban J connectivity index is 1.51. The van der Waals surface area contributed by atoms with Crippen LogP contribution in [0.4, 0.5) is 4.79 Å². The van der Waals surface area contributed by atoms with E-state index in [4.69, 9.17) is 11.6 Å². The van der Waals surface area contributed by atoms with E-state index in [0.717, 1.165) is 24.2 Å². The van der Waals surface area contributed by atoms with Crippen molar-refractivity contribution in [1.82, 2.24) is 25.1 Å². The summed E-state index contributed by atoms with van der Waals surface area (Å²) in [6.45, 7) is 3.76. The number of H-pyrrole nitrogens is 1. The number of hydrogen-bond acceptors (Lipinski definition) is 5. The van der Waals surface area contributed by atoms with E-state index in [0.29, 0.717) is 34.7 Å².